The number of phenolic OH excluding ortho intramolecular Hbond substituents is 1. The van der Waals surface area contributed by atoms with E-state index in [-0.39, 0.29) is 30.6 Å². The third-order valence-electron chi connectivity index (χ3n) is 5.21. The maximum absolute atomic E-state index is 13.1. The Hall–Kier alpha value is -2.90. The van der Waals surface area contributed by atoms with E-state index in [0.717, 1.165) is 11.1 Å². The van der Waals surface area contributed by atoms with Gasteiger partial charge in [-0.1, -0.05) is 56.3 Å². The fraction of sp³-hybridized carbons (Fsp3) is 0.462. The van der Waals surface area contributed by atoms with Crippen LogP contribution in [0.15, 0.2) is 42.5 Å². The number of amides is 1. The van der Waals surface area contributed by atoms with Crippen molar-refractivity contribution in [2.75, 3.05) is 6.61 Å². The summed E-state index contributed by atoms with van der Waals surface area (Å²) in [4.78, 5) is 31.3. The molecule has 33 heavy (non-hydrogen) atoms. The third-order valence-corrected chi connectivity index (χ3v) is 5.21. The smallest absolute Gasteiger partial charge is 0.328 e. The molecule has 0 aromatic heterocycles. The number of carbonyl (C=O) groups is 2. The van der Waals surface area contributed by atoms with Crippen LogP contribution in [0.25, 0.3) is 0 Å². The summed E-state index contributed by atoms with van der Waals surface area (Å²) in [6, 6.07) is 11.8. The van der Waals surface area contributed by atoms with Gasteiger partial charge in [0, 0.05) is 6.42 Å². The number of hydrogen-bond acceptors (Lipinski definition) is 6. The second-order valence-electron chi connectivity index (χ2n) is 8.67. The molecule has 0 bridgehead atoms. The molecule has 0 saturated heterocycles. The Morgan fingerprint density at radius 2 is 1.64 bits per heavy atom. The van der Waals surface area contributed by atoms with Gasteiger partial charge in [0.05, 0.1) is 13.2 Å². The quantitative estimate of drug-likeness (QED) is 0.333. The molecule has 0 aliphatic carbocycles. The summed E-state index contributed by atoms with van der Waals surface area (Å²) < 4.78 is 5.21. The van der Waals surface area contributed by atoms with Crippen LogP contribution in [-0.4, -0.2) is 35.7 Å². The molecular formula is C26H36N2O5. The minimum absolute atomic E-state index is 0.215. The highest BCUT2D eigenvalue weighted by Crippen LogP contribution is 2.23. The molecule has 0 fully saturated rings. The zero-order chi connectivity index (χ0) is 24.4. The molecule has 180 valence electrons. The molecule has 0 heterocycles. The average molecular weight is 457 g/mol. The normalized spacial score (nSPS) is 12.9. The van der Waals surface area contributed by atoms with Gasteiger partial charge >= 0.3 is 5.97 Å². The standard InChI is InChI=1S/C26H36N2O5/c1-6-32-26(31)23(15-21-13-18(4)24(29)19(5)14-21)27-25(30)22(12-17(2)3)28-33-16-20-10-8-7-9-11-20/h7-11,13-14,17,22-23,28-29H,6,12,15-16H2,1-5H3,(H,27,30)/t22-,23-/m0/s1. The van der Waals surface area contributed by atoms with E-state index in [1.54, 1.807) is 20.8 Å². The summed E-state index contributed by atoms with van der Waals surface area (Å²) in [6.45, 7) is 9.90. The Kier molecular flexibility index (Phi) is 10.4. The number of rotatable bonds is 12. The lowest BCUT2D eigenvalue weighted by Crippen LogP contribution is -2.51. The molecule has 2 atom stereocenters. The fourth-order valence-electron chi connectivity index (χ4n) is 3.59. The van der Waals surface area contributed by atoms with E-state index in [9.17, 15) is 14.7 Å². The third kappa shape index (κ3) is 8.51. The van der Waals surface area contributed by atoms with Crippen LogP contribution in [0, 0.1) is 19.8 Å². The molecule has 0 saturated carbocycles. The molecule has 7 nitrogen and oxygen atoms in total. The molecule has 2 aromatic rings. The monoisotopic (exact) mass is 456 g/mol. The first-order valence-corrected chi connectivity index (χ1v) is 11.4. The van der Waals surface area contributed by atoms with E-state index in [4.69, 9.17) is 9.57 Å². The highest BCUT2D eigenvalue weighted by molar-refractivity contribution is 5.87. The van der Waals surface area contributed by atoms with E-state index in [2.05, 4.69) is 10.8 Å². The predicted molar refractivity (Wildman–Crippen MR) is 127 cm³/mol. The molecule has 0 aliphatic rings. The Labute approximate surface area is 196 Å². The Balaban J connectivity index is 2.11. The van der Waals surface area contributed by atoms with Crippen molar-refractivity contribution in [1.29, 1.82) is 0 Å². The first-order chi connectivity index (χ1) is 15.7. The van der Waals surface area contributed by atoms with Gasteiger partial charge < -0.3 is 15.2 Å². The molecule has 0 spiro atoms. The molecule has 0 radical (unpaired) electrons. The molecule has 0 unspecified atom stereocenters. The van der Waals surface area contributed by atoms with Crippen LogP contribution in [0.5, 0.6) is 5.75 Å². The molecule has 7 heteroatoms. The lowest BCUT2D eigenvalue weighted by atomic mass is 9.99. The number of ether oxygens (including phenoxy) is 1. The van der Waals surface area contributed by atoms with Crippen LogP contribution in [0.1, 0.15) is 49.4 Å². The SMILES string of the molecule is CCOC(=O)[C@H](Cc1cc(C)c(O)c(C)c1)NC(=O)[C@H](CC(C)C)NOCc1ccccc1. The number of aromatic hydroxyl groups is 1. The summed E-state index contributed by atoms with van der Waals surface area (Å²) >= 11 is 0. The summed E-state index contributed by atoms with van der Waals surface area (Å²) in [5.74, 6) is -0.367. The van der Waals surface area contributed by atoms with Crippen molar-refractivity contribution in [2.24, 2.45) is 5.92 Å². The zero-order valence-corrected chi connectivity index (χ0v) is 20.2. The van der Waals surface area contributed by atoms with Gasteiger partial charge in [0.2, 0.25) is 5.91 Å². The number of phenols is 1. The molecule has 0 aliphatic heterocycles. The van der Waals surface area contributed by atoms with Gasteiger partial charge in [-0.05, 0) is 55.4 Å². The van der Waals surface area contributed by atoms with Gasteiger partial charge in [-0.25, -0.2) is 4.79 Å². The van der Waals surface area contributed by atoms with E-state index >= 15 is 0 Å². The van der Waals surface area contributed by atoms with Crippen molar-refractivity contribution in [2.45, 2.75) is 66.2 Å². The van der Waals surface area contributed by atoms with Gasteiger partial charge in [-0.15, -0.1) is 0 Å². The Bertz CT molecular complexity index is 891. The molecule has 2 rings (SSSR count). The Morgan fingerprint density at radius 3 is 2.21 bits per heavy atom. The summed E-state index contributed by atoms with van der Waals surface area (Å²) in [7, 11) is 0. The number of carbonyl (C=O) groups excluding carboxylic acids is 2. The van der Waals surface area contributed by atoms with Crippen LogP contribution < -0.4 is 10.8 Å². The molecular weight excluding hydrogens is 420 g/mol. The number of aryl methyl sites for hydroxylation is 2. The average Bonchev–Trinajstić information content (AvgIpc) is 2.76. The fourth-order valence-corrected chi connectivity index (χ4v) is 3.59. The Morgan fingerprint density at radius 1 is 1.00 bits per heavy atom. The maximum Gasteiger partial charge on any atom is 0.328 e. The summed E-state index contributed by atoms with van der Waals surface area (Å²) in [6.07, 6.45) is 0.791. The zero-order valence-electron chi connectivity index (χ0n) is 20.2. The van der Waals surface area contributed by atoms with Crippen LogP contribution >= 0.6 is 0 Å². The first-order valence-electron chi connectivity index (χ1n) is 11.4. The lowest BCUT2D eigenvalue weighted by Gasteiger charge is -2.24. The predicted octanol–water partition coefficient (Wildman–Crippen LogP) is 3.74. The van der Waals surface area contributed by atoms with Crippen LogP contribution in [0.2, 0.25) is 0 Å². The lowest BCUT2D eigenvalue weighted by molar-refractivity contribution is -0.148. The van der Waals surface area contributed by atoms with Gasteiger partial charge in [-0.2, -0.15) is 5.48 Å². The van der Waals surface area contributed by atoms with Gasteiger partial charge in [0.15, 0.2) is 0 Å². The molecule has 1 amide bonds. The maximum atomic E-state index is 13.1. The van der Waals surface area contributed by atoms with Crippen molar-refractivity contribution < 1.29 is 24.3 Å². The minimum Gasteiger partial charge on any atom is -0.507 e. The number of hydrogen-bond donors (Lipinski definition) is 3. The largest absolute Gasteiger partial charge is 0.507 e. The van der Waals surface area contributed by atoms with E-state index in [1.165, 1.54) is 0 Å². The number of nitrogens with one attached hydrogen (secondary N) is 2. The van der Waals surface area contributed by atoms with Crippen molar-refractivity contribution in [3.05, 3.63) is 64.7 Å². The van der Waals surface area contributed by atoms with Crippen molar-refractivity contribution in [3.63, 3.8) is 0 Å². The topological polar surface area (TPSA) is 96.9 Å². The second-order valence-corrected chi connectivity index (χ2v) is 8.67. The first kappa shape index (κ1) is 26.4. The highest BCUT2D eigenvalue weighted by Gasteiger charge is 2.28. The molecule has 3 N–H and O–H groups in total. The second kappa shape index (κ2) is 13.0. The van der Waals surface area contributed by atoms with Crippen LogP contribution in [-0.2, 0) is 32.2 Å². The highest BCUT2D eigenvalue weighted by atomic mass is 16.6. The summed E-state index contributed by atoms with van der Waals surface area (Å²) in [5.41, 5.74) is 6.11. The van der Waals surface area contributed by atoms with Crippen LogP contribution in [0.4, 0.5) is 0 Å². The van der Waals surface area contributed by atoms with E-state index in [0.29, 0.717) is 24.2 Å². The summed E-state index contributed by atoms with van der Waals surface area (Å²) in [5, 5.41) is 12.9. The minimum atomic E-state index is -0.855. The van der Waals surface area contributed by atoms with Crippen molar-refractivity contribution >= 4 is 11.9 Å². The van der Waals surface area contributed by atoms with Gasteiger partial charge in [0.25, 0.3) is 0 Å². The van der Waals surface area contributed by atoms with E-state index in [1.807, 2.05) is 56.3 Å². The van der Waals surface area contributed by atoms with Gasteiger partial charge in [0.1, 0.15) is 17.8 Å². The number of esters is 1. The van der Waals surface area contributed by atoms with E-state index < -0.39 is 18.1 Å². The molecule has 2 aromatic carbocycles. The van der Waals surface area contributed by atoms with Gasteiger partial charge in [-0.3, -0.25) is 9.63 Å². The van der Waals surface area contributed by atoms with Crippen molar-refractivity contribution in [3.8, 4) is 5.75 Å². The van der Waals surface area contributed by atoms with Crippen LogP contribution in [0.3, 0.4) is 0 Å². The number of hydroxylamine groups is 1. The van der Waals surface area contributed by atoms with Crippen molar-refractivity contribution in [1.82, 2.24) is 10.8 Å². The number of benzene rings is 2.